The van der Waals surface area contributed by atoms with Crippen LogP contribution in [0.3, 0.4) is 0 Å². The van der Waals surface area contributed by atoms with Crippen molar-refractivity contribution in [2.45, 2.75) is 19.9 Å². The van der Waals surface area contributed by atoms with E-state index in [1.165, 1.54) is 16.2 Å². The van der Waals surface area contributed by atoms with Crippen LogP contribution in [-0.4, -0.2) is 33.1 Å². The Hall–Kier alpha value is -2.84. The lowest BCUT2D eigenvalue weighted by Gasteiger charge is -2.18. The Kier molecular flexibility index (Phi) is 7.19. The molecule has 0 heterocycles. The van der Waals surface area contributed by atoms with Gasteiger partial charge in [0.05, 0.1) is 19.0 Å². The smallest absolute Gasteiger partial charge is 0.279 e. The molecule has 0 saturated heterocycles. The second-order valence-electron chi connectivity index (χ2n) is 6.60. The molecule has 0 aliphatic rings. The number of nitriles is 1. The van der Waals surface area contributed by atoms with Crippen LogP contribution in [0.5, 0.6) is 0 Å². The van der Waals surface area contributed by atoms with Crippen LogP contribution < -0.4 is 15.1 Å². The van der Waals surface area contributed by atoms with Crippen molar-refractivity contribution in [1.29, 1.82) is 5.26 Å². The topological polar surface area (TPSA) is 60.6 Å². The van der Waals surface area contributed by atoms with Crippen molar-refractivity contribution in [2.75, 3.05) is 37.4 Å². The third-order valence-corrected chi connectivity index (χ3v) is 4.34. The van der Waals surface area contributed by atoms with Gasteiger partial charge in [-0.05, 0) is 36.8 Å². The Balaban J connectivity index is 1.90. The second-order valence-corrected chi connectivity index (χ2v) is 6.60. The molecule has 5 heteroatoms. The maximum absolute atomic E-state index is 12.3. The van der Waals surface area contributed by atoms with Gasteiger partial charge in [-0.3, -0.25) is 4.79 Å². The Morgan fingerprint density at radius 3 is 2.23 bits per heavy atom. The van der Waals surface area contributed by atoms with Gasteiger partial charge in [0.2, 0.25) is 0 Å². The van der Waals surface area contributed by atoms with Gasteiger partial charge in [0, 0.05) is 31.0 Å². The van der Waals surface area contributed by atoms with Crippen molar-refractivity contribution in [3.05, 3.63) is 59.7 Å². The number of rotatable bonds is 8. The Morgan fingerprint density at radius 2 is 1.69 bits per heavy atom. The van der Waals surface area contributed by atoms with E-state index in [4.69, 9.17) is 5.26 Å². The number of hydrogen-bond acceptors (Lipinski definition) is 3. The van der Waals surface area contributed by atoms with Gasteiger partial charge >= 0.3 is 0 Å². The molecule has 0 bridgehead atoms. The molecule has 1 unspecified atom stereocenters. The van der Waals surface area contributed by atoms with Gasteiger partial charge in [0.1, 0.15) is 6.54 Å². The summed E-state index contributed by atoms with van der Waals surface area (Å²) >= 11 is 0. The van der Waals surface area contributed by atoms with E-state index in [1.54, 1.807) is 0 Å². The molecule has 2 aromatic carbocycles. The van der Waals surface area contributed by atoms with Gasteiger partial charge in [0.15, 0.2) is 6.54 Å². The number of hydrogen-bond donors (Lipinski definition) is 2. The molecule has 5 nitrogen and oxygen atoms in total. The summed E-state index contributed by atoms with van der Waals surface area (Å²) in [6.07, 6.45) is 0.384. The first kappa shape index (κ1) is 19.5. The van der Waals surface area contributed by atoms with Crippen molar-refractivity contribution in [3.63, 3.8) is 0 Å². The highest BCUT2D eigenvalue weighted by Gasteiger charge is 2.13. The highest BCUT2D eigenvalue weighted by Crippen LogP contribution is 2.12. The second kappa shape index (κ2) is 9.59. The molecule has 0 radical (unpaired) electrons. The number of carbonyl (C=O) groups excluding carboxylic acids is 1. The van der Waals surface area contributed by atoms with Crippen molar-refractivity contribution in [1.82, 2.24) is 0 Å². The SMILES string of the molecule is CC[NH+](CC(=O)Nc1ccc(CC#N)cc1)Cc1ccc(N(C)C)cc1. The van der Waals surface area contributed by atoms with E-state index in [1.807, 2.05) is 38.4 Å². The number of nitrogens with zero attached hydrogens (tertiary/aromatic N) is 2. The molecule has 2 N–H and O–H groups in total. The summed E-state index contributed by atoms with van der Waals surface area (Å²) in [5.74, 6) is -0.000190. The van der Waals surface area contributed by atoms with Crippen LogP contribution in [-0.2, 0) is 17.8 Å². The first-order valence-corrected chi connectivity index (χ1v) is 8.87. The van der Waals surface area contributed by atoms with Crippen LogP contribution in [0.1, 0.15) is 18.1 Å². The quantitative estimate of drug-likeness (QED) is 0.763. The van der Waals surface area contributed by atoms with Gasteiger partial charge in [-0.2, -0.15) is 5.26 Å². The molecule has 2 rings (SSSR count). The number of nitrogens with one attached hydrogen (secondary N) is 2. The van der Waals surface area contributed by atoms with Crippen molar-refractivity contribution < 1.29 is 9.69 Å². The molecule has 0 aromatic heterocycles. The first-order valence-electron chi connectivity index (χ1n) is 8.87. The summed E-state index contributed by atoms with van der Waals surface area (Å²) in [4.78, 5) is 15.6. The highest BCUT2D eigenvalue weighted by molar-refractivity contribution is 5.91. The number of carbonyl (C=O) groups is 1. The van der Waals surface area contributed by atoms with Gasteiger partial charge in [-0.25, -0.2) is 0 Å². The van der Waals surface area contributed by atoms with Gasteiger partial charge in [-0.1, -0.05) is 24.3 Å². The molecule has 0 saturated carbocycles. The van der Waals surface area contributed by atoms with Crippen LogP contribution in [0.15, 0.2) is 48.5 Å². The molecule has 26 heavy (non-hydrogen) atoms. The minimum absolute atomic E-state index is 0.000190. The summed E-state index contributed by atoms with van der Waals surface area (Å²) in [6, 6.07) is 18.0. The minimum atomic E-state index is -0.000190. The molecule has 1 amide bonds. The molecule has 1 atom stereocenters. The first-order chi connectivity index (χ1) is 12.5. The van der Waals surface area contributed by atoms with Gasteiger partial charge in [0.25, 0.3) is 5.91 Å². The third-order valence-electron chi connectivity index (χ3n) is 4.34. The van der Waals surface area contributed by atoms with E-state index < -0.39 is 0 Å². The average Bonchev–Trinajstić information content (AvgIpc) is 2.63. The van der Waals surface area contributed by atoms with Crippen molar-refractivity contribution in [2.24, 2.45) is 0 Å². The van der Waals surface area contributed by atoms with E-state index in [2.05, 4.69) is 47.5 Å². The molecule has 0 spiro atoms. The van der Waals surface area contributed by atoms with E-state index in [0.29, 0.717) is 13.0 Å². The molecule has 2 aromatic rings. The maximum atomic E-state index is 12.3. The molecule has 0 aliphatic heterocycles. The summed E-state index contributed by atoms with van der Waals surface area (Å²) in [5.41, 5.74) is 4.11. The summed E-state index contributed by atoms with van der Waals surface area (Å²) in [6.45, 7) is 4.21. The number of amides is 1. The van der Waals surface area contributed by atoms with Crippen LogP contribution in [0, 0.1) is 11.3 Å². The monoisotopic (exact) mass is 351 g/mol. The number of benzene rings is 2. The maximum Gasteiger partial charge on any atom is 0.279 e. The van der Waals surface area contributed by atoms with Gasteiger partial charge in [-0.15, -0.1) is 0 Å². The Labute approximate surface area is 155 Å². The fourth-order valence-electron chi connectivity index (χ4n) is 2.74. The van der Waals surface area contributed by atoms with Crippen LogP contribution in [0.2, 0.25) is 0 Å². The number of likely N-dealkylation sites (N-methyl/N-ethyl adjacent to an activating group) is 1. The standard InChI is InChI=1S/C21H26N4O/c1-4-25(15-18-7-11-20(12-8-18)24(2)3)16-21(26)23-19-9-5-17(6-10-19)13-14-22/h5-12H,4,13,15-16H2,1-3H3,(H,23,26)/p+1. The number of quaternary nitrogens is 1. The van der Waals surface area contributed by atoms with E-state index in [0.717, 1.165) is 24.3 Å². The van der Waals surface area contributed by atoms with E-state index >= 15 is 0 Å². The zero-order chi connectivity index (χ0) is 18.9. The molecule has 136 valence electrons. The highest BCUT2D eigenvalue weighted by atomic mass is 16.2. The fourth-order valence-corrected chi connectivity index (χ4v) is 2.74. The largest absolute Gasteiger partial charge is 0.378 e. The van der Waals surface area contributed by atoms with Crippen LogP contribution in [0.4, 0.5) is 11.4 Å². The minimum Gasteiger partial charge on any atom is -0.378 e. The summed E-state index contributed by atoms with van der Waals surface area (Å²) in [7, 11) is 4.05. The summed E-state index contributed by atoms with van der Waals surface area (Å²) in [5, 5.41) is 11.6. The number of anilines is 2. The lowest BCUT2D eigenvalue weighted by atomic mass is 10.1. The zero-order valence-electron chi connectivity index (χ0n) is 15.7. The van der Waals surface area contributed by atoms with Crippen molar-refractivity contribution in [3.8, 4) is 6.07 Å². The van der Waals surface area contributed by atoms with E-state index in [9.17, 15) is 4.79 Å². The molecular weight excluding hydrogens is 324 g/mol. The average molecular weight is 351 g/mol. The fraction of sp³-hybridized carbons (Fsp3) is 0.333. The molecule has 0 fully saturated rings. The predicted molar refractivity (Wildman–Crippen MR) is 105 cm³/mol. The summed E-state index contributed by atoms with van der Waals surface area (Å²) < 4.78 is 0. The lowest BCUT2D eigenvalue weighted by Crippen LogP contribution is -3.11. The van der Waals surface area contributed by atoms with Crippen LogP contribution >= 0.6 is 0 Å². The Morgan fingerprint density at radius 1 is 1.08 bits per heavy atom. The third kappa shape index (κ3) is 5.91. The van der Waals surface area contributed by atoms with Gasteiger partial charge < -0.3 is 15.1 Å². The Bertz CT molecular complexity index is 745. The lowest BCUT2D eigenvalue weighted by molar-refractivity contribution is -0.903. The zero-order valence-corrected chi connectivity index (χ0v) is 15.7. The molecular formula is C21H27N4O+. The van der Waals surface area contributed by atoms with Crippen LogP contribution in [0.25, 0.3) is 0 Å². The normalized spacial score (nSPS) is 11.5. The van der Waals surface area contributed by atoms with Crippen molar-refractivity contribution >= 4 is 17.3 Å². The van der Waals surface area contributed by atoms with E-state index in [-0.39, 0.29) is 5.91 Å². The predicted octanol–water partition coefficient (Wildman–Crippen LogP) is 1.86. The molecule has 0 aliphatic carbocycles.